The molecule has 0 radical (unpaired) electrons. The molecule has 0 spiro atoms. The van der Waals surface area contributed by atoms with Crippen LogP contribution in [0.3, 0.4) is 0 Å². The van der Waals surface area contributed by atoms with Gasteiger partial charge >= 0.3 is 0 Å². The van der Waals surface area contributed by atoms with Crippen LogP contribution in [0.1, 0.15) is 0 Å². The van der Waals surface area contributed by atoms with E-state index in [9.17, 15) is 0 Å². The van der Waals surface area contributed by atoms with E-state index in [-0.39, 0.29) is 0 Å². The normalized spacial score (nSPS) is 12.3. The van der Waals surface area contributed by atoms with Gasteiger partial charge in [0.05, 0.1) is 39.3 Å². The van der Waals surface area contributed by atoms with Crippen molar-refractivity contribution in [1.29, 1.82) is 0 Å². The van der Waals surface area contributed by atoms with Gasteiger partial charge in [-0.3, -0.25) is 0 Å². The van der Waals surface area contributed by atoms with Crippen molar-refractivity contribution in [3.63, 3.8) is 0 Å². The van der Waals surface area contributed by atoms with Gasteiger partial charge in [-0.05, 0) is 93.2 Å². The van der Waals surface area contributed by atoms with Gasteiger partial charge in [0.15, 0.2) is 5.82 Å². The van der Waals surface area contributed by atoms with Gasteiger partial charge < -0.3 is 9.47 Å². The molecule has 2 aromatic heterocycles. The van der Waals surface area contributed by atoms with Gasteiger partial charge in [0.25, 0.3) is 0 Å². The van der Waals surface area contributed by atoms with Gasteiger partial charge in [-0.15, -0.1) is 0 Å². The topological polar surface area (TPSA) is 34.0 Å². The highest BCUT2D eigenvalue weighted by Gasteiger charge is 2.31. The minimum atomic E-state index is 0.712. The summed E-state index contributed by atoms with van der Waals surface area (Å²) in [5.41, 5.74) is 13.2. The molecule has 3 heterocycles. The Balaban J connectivity index is 1.08. The summed E-state index contributed by atoms with van der Waals surface area (Å²) in [5, 5.41) is 10.7. The number of fused-ring (bicyclic) bond motifs is 8. The van der Waals surface area contributed by atoms with Crippen molar-refractivity contribution in [2.24, 2.45) is 0 Å². The summed E-state index contributed by atoms with van der Waals surface area (Å²) in [6.45, 7) is 0. The fourth-order valence-electron chi connectivity index (χ4n) is 9.79. The van der Waals surface area contributed by atoms with Crippen LogP contribution in [0.4, 0.5) is 17.1 Å². The lowest BCUT2D eigenvalue weighted by molar-refractivity contribution is 1.15. The maximum absolute atomic E-state index is 5.42. The number of hydrogen-bond donors (Lipinski definition) is 0. The Labute approximate surface area is 345 Å². The highest BCUT2D eigenvalue weighted by molar-refractivity contribution is 6.20. The smallest absolute Gasteiger partial charge is 0.161 e. The van der Waals surface area contributed by atoms with Crippen molar-refractivity contribution in [3.05, 3.63) is 206 Å². The van der Waals surface area contributed by atoms with Crippen LogP contribution in [0.25, 0.3) is 104 Å². The summed E-state index contributed by atoms with van der Waals surface area (Å²) < 4.78 is 2.47. The van der Waals surface area contributed by atoms with Crippen LogP contribution >= 0.6 is 0 Å². The predicted octanol–water partition coefficient (Wildman–Crippen LogP) is 15.0. The van der Waals surface area contributed by atoms with Gasteiger partial charge in [-0.1, -0.05) is 146 Å². The maximum Gasteiger partial charge on any atom is 0.161 e. The van der Waals surface area contributed by atoms with E-state index in [0.717, 1.165) is 55.9 Å². The summed E-state index contributed by atoms with van der Waals surface area (Å²) in [6, 6.07) is 74.5. The Morgan fingerprint density at radius 3 is 1.92 bits per heavy atom. The first-order chi connectivity index (χ1) is 29.8. The Morgan fingerprint density at radius 1 is 0.367 bits per heavy atom. The fourth-order valence-corrected chi connectivity index (χ4v) is 9.79. The molecule has 0 atom stereocenters. The summed E-state index contributed by atoms with van der Waals surface area (Å²) in [4.78, 5) is 13.2. The predicted molar refractivity (Wildman–Crippen MR) is 251 cm³/mol. The van der Waals surface area contributed by atoms with Gasteiger partial charge in [0.1, 0.15) is 0 Å². The monoisotopic (exact) mass is 762 g/mol. The molecule has 0 unspecified atom stereocenters. The summed E-state index contributed by atoms with van der Waals surface area (Å²) in [5.74, 6) is 0.712. The molecule has 0 fully saturated rings. The molecule has 4 heteroatoms. The van der Waals surface area contributed by atoms with Crippen LogP contribution in [0.15, 0.2) is 206 Å². The minimum absolute atomic E-state index is 0.712. The summed E-state index contributed by atoms with van der Waals surface area (Å²) in [7, 11) is 0. The number of hydrogen-bond acceptors (Lipinski definition) is 3. The lowest BCUT2D eigenvalue weighted by atomic mass is 9.88. The van der Waals surface area contributed by atoms with Crippen LogP contribution in [0, 0.1) is 0 Å². The Hall–Kier alpha value is -8.08. The molecule has 10 aromatic carbocycles. The lowest BCUT2D eigenvalue weighted by Crippen LogP contribution is -2.17. The van der Waals surface area contributed by atoms with Crippen LogP contribution in [-0.2, 0) is 0 Å². The zero-order valence-electron chi connectivity index (χ0n) is 32.4. The molecule has 0 N–H and O–H groups in total. The standard InChI is InChI=1S/C56H34N4/c1-2-18-40(19-3-1)59-50-31-30-45(56-57-48-25-10-8-21-46(48)54(58-56)39-29-28-35-14-4-5-15-36(35)32-39)43-23-12-22-42(53(43)50)44-24-13-27-51(55(44)59)60-49-26-11-9-20-41(49)47-33-37-16-6-7-17-38(37)34-52(47)60/h1-34H. The number of aromatic nitrogens is 3. The SMILES string of the molecule is c1ccc(N2c3c(cccc3-n3c4ccccc4c4cc5ccccc5cc43)-c3cccc4c(-c5nc(-c6ccc7ccccc7c6)c6ccccc6n5)ccc2c34)cc1. The van der Waals surface area contributed by atoms with E-state index in [4.69, 9.17) is 9.97 Å². The Morgan fingerprint density at radius 2 is 1.05 bits per heavy atom. The zero-order chi connectivity index (χ0) is 39.3. The Bertz CT molecular complexity index is 3730. The summed E-state index contributed by atoms with van der Waals surface area (Å²) in [6.07, 6.45) is 0. The molecule has 4 nitrogen and oxygen atoms in total. The minimum Gasteiger partial charge on any atom is -0.307 e. The first-order valence-corrected chi connectivity index (χ1v) is 20.5. The molecular formula is C56H34N4. The summed E-state index contributed by atoms with van der Waals surface area (Å²) >= 11 is 0. The molecule has 0 amide bonds. The number of anilines is 3. The van der Waals surface area contributed by atoms with Crippen LogP contribution in [0.2, 0.25) is 0 Å². The molecule has 0 bridgehead atoms. The third kappa shape index (κ3) is 4.79. The molecule has 278 valence electrons. The number of benzene rings is 10. The number of nitrogens with zero attached hydrogens (tertiary/aromatic N) is 4. The zero-order valence-corrected chi connectivity index (χ0v) is 32.4. The van der Waals surface area contributed by atoms with Gasteiger partial charge in [0, 0.05) is 43.9 Å². The van der Waals surface area contributed by atoms with Gasteiger partial charge in [-0.2, -0.15) is 0 Å². The molecule has 60 heavy (non-hydrogen) atoms. The van der Waals surface area contributed by atoms with Gasteiger partial charge in [-0.25, -0.2) is 9.97 Å². The highest BCUT2D eigenvalue weighted by atomic mass is 15.2. The van der Waals surface area contributed by atoms with E-state index in [1.165, 1.54) is 59.9 Å². The molecule has 0 saturated carbocycles. The second kappa shape index (κ2) is 12.7. The van der Waals surface area contributed by atoms with Crippen LogP contribution < -0.4 is 4.90 Å². The third-order valence-corrected chi connectivity index (χ3v) is 12.5. The van der Waals surface area contributed by atoms with Crippen LogP contribution in [0.5, 0.6) is 0 Å². The highest BCUT2D eigenvalue weighted by Crippen LogP contribution is 2.55. The van der Waals surface area contributed by atoms with Crippen molar-refractivity contribution in [2.75, 3.05) is 4.90 Å². The largest absolute Gasteiger partial charge is 0.307 e. The second-order valence-corrected chi connectivity index (χ2v) is 15.7. The first kappa shape index (κ1) is 32.9. The van der Waals surface area contributed by atoms with E-state index in [1.807, 2.05) is 0 Å². The number of rotatable bonds is 4. The quantitative estimate of drug-likeness (QED) is 0.179. The van der Waals surface area contributed by atoms with Crippen molar-refractivity contribution in [2.45, 2.75) is 0 Å². The molecule has 1 aliphatic heterocycles. The maximum atomic E-state index is 5.42. The fraction of sp³-hybridized carbons (Fsp3) is 0. The van der Waals surface area contributed by atoms with Crippen LogP contribution in [-0.4, -0.2) is 14.5 Å². The van der Waals surface area contributed by atoms with E-state index in [1.54, 1.807) is 0 Å². The average Bonchev–Trinajstić information content (AvgIpc) is 3.63. The van der Waals surface area contributed by atoms with E-state index >= 15 is 0 Å². The molecule has 13 rings (SSSR count). The van der Waals surface area contributed by atoms with Gasteiger partial charge in [0.2, 0.25) is 0 Å². The van der Waals surface area contributed by atoms with Crippen molar-refractivity contribution in [1.82, 2.24) is 14.5 Å². The third-order valence-electron chi connectivity index (χ3n) is 12.5. The molecule has 12 aromatic rings. The average molecular weight is 763 g/mol. The molecule has 0 aliphatic carbocycles. The first-order valence-electron chi connectivity index (χ1n) is 20.5. The van der Waals surface area contributed by atoms with E-state index in [0.29, 0.717) is 5.82 Å². The molecule has 0 saturated heterocycles. The second-order valence-electron chi connectivity index (χ2n) is 15.7. The molecule has 1 aliphatic rings. The van der Waals surface area contributed by atoms with Crippen molar-refractivity contribution >= 4 is 82.1 Å². The lowest BCUT2D eigenvalue weighted by Gasteiger charge is -2.35. The van der Waals surface area contributed by atoms with Crippen molar-refractivity contribution < 1.29 is 0 Å². The van der Waals surface area contributed by atoms with E-state index in [2.05, 4.69) is 216 Å². The Kier molecular flexibility index (Phi) is 6.98. The van der Waals surface area contributed by atoms with E-state index < -0.39 is 0 Å². The number of para-hydroxylation sites is 4. The van der Waals surface area contributed by atoms with Crippen molar-refractivity contribution in [3.8, 4) is 39.5 Å². The molecular weight excluding hydrogens is 729 g/mol.